The molecule has 0 aliphatic heterocycles. The van der Waals surface area contributed by atoms with Gasteiger partial charge in [0.25, 0.3) is 0 Å². The van der Waals surface area contributed by atoms with Crippen LogP contribution in [-0.2, 0) is 4.57 Å². The Balaban J connectivity index is 0. The van der Waals surface area contributed by atoms with Gasteiger partial charge in [-0.05, 0) is 0 Å². The molecule has 1 unspecified atom stereocenters. The first-order chi connectivity index (χ1) is 1.73. The predicted molar refractivity (Wildman–Crippen MR) is 24.3 cm³/mol. The molecule has 28 valence electrons. The summed E-state index contributed by atoms with van der Waals surface area (Å²) in [5.41, 5.74) is 0. The normalized spacial score (nSPS) is 12.4. The monoisotopic (exact) mass is 104 g/mol. The van der Waals surface area contributed by atoms with Crippen LogP contribution in [-0.4, -0.2) is 41.1 Å². The Morgan fingerprint density at radius 3 is 1.80 bits per heavy atom. The van der Waals surface area contributed by atoms with E-state index in [-0.39, 0.29) is 29.6 Å². The molecule has 1 N–H and O–H groups in total. The molecule has 0 aliphatic carbocycles. The molecule has 4 heteroatoms. The van der Waals surface area contributed by atoms with Gasteiger partial charge in [0.15, 0.2) is 8.03 Å². The summed E-state index contributed by atoms with van der Waals surface area (Å²) in [5, 5.41) is 0. The van der Waals surface area contributed by atoms with E-state index in [4.69, 9.17) is 4.89 Å². The van der Waals surface area contributed by atoms with E-state index < -0.39 is 8.03 Å². The van der Waals surface area contributed by atoms with Crippen LogP contribution in [0.25, 0.3) is 0 Å². The second-order valence-corrected chi connectivity index (χ2v) is 1.56. The Bertz CT molecular complexity index is 32.6. The minimum atomic E-state index is -2.13. The van der Waals surface area contributed by atoms with E-state index in [2.05, 4.69) is 0 Å². The Labute approximate surface area is 53.7 Å². The molecule has 0 heterocycles. The van der Waals surface area contributed by atoms with Crippen LogP contribution < -0.4 is 0 Å². The number of hydrogen-bond acceptors (Lipinski definition) is 1. The molecular weight excluding hydrogens is 98.0 g/mol. The minimum absolute atomic E-state index is 0. The van der Waals surface area contributed by atoms with Gasteiger partial charge in [-0.25, -0.2) is 0 Å². The molecule has 0 saturated carbocycles. The number of rotatable bonds is 0. The van der Waals surface area contributed by atoms with Crippen molar-refractivity contribution in [1.82, 2.24) is 0 Å². The van der Waals surface area contributed by atoms with Gasteiger partial charge in [0.1, 0.15) is 0 Å². The predicted octanol–water partition coefficient (Wildman–Crippen LogP) is -0.565. The van der Waals surface area contributed by atoms with E-state index in [1.165, 1.54) is 6.66 Å². The summed E-state index contributed by atoms with van der Waals surface area (Å²) in [5.74, 6) is 0. The third-order valence-electron chi connectivity index (χ3n) is 0. The first-order valence-corrected chi connectivity index (χ1v) is 2.78. The summed E-state index contributed by atoms with van der Waals surface area (Å²) >= 11 is 0. The van der Waals surface area contributed by atoms with E-state index in [0.29, 0.717) is 0 Å². The van der Waals surface area contributed by atoms with Crippen LogP contribution in [0.15, 0.2) is 0 Å². The topological polar surface area (TPSA) is 37.3 Å². The van der Waals surface area contributed by atoms with E-state index in [9.17, 15) is 4.57 Å². The Morgan fingerprint density at radius 1 is 1.80 bits per heavy atom. The van der Waals surface area contributed by atoms with Crippen molar-refractivity contribution < 1.29 is 9.46 Å². The molecular formula is CH6NaO2P. The molecule has 1 atom stereocenters. The van der Waals surface area contributed by atoms with Crippen molar-refractivity contribution in [3.05, 3.63) is 0 Å². The molecule has 0 aromatic carbocycles. The second-order valence-electron chi connectivity index (χ2n) is 0.519. The van der Waals surface area contributed by atoms with Crippen molar-refractivity contribution in [2.45, 2.75) is 0 Å². The fourth-order valence-corrected chi connectivity index (χ4v) is 0. The van der Waals surface area contributed by atoms with Crippen LogP contribution in [0, 0.1) is 0 Å². The molecule has 0 amide bonds. The standard InChI is InChI=1S/CH5O2P.Na.H/c1-4(2)3;;/h4H,1H3,(H,2,3);;. The SMILES string of the molecule is C[PH](=O)O.[NaH]. The van der Waals surface area contributed by atoms with Crippen molar-refractivity contribution in [2.24, 2.45) is 0 Å². The molecule has 0 radical (unpaired) electrons. The summed E-state index contributed by atoms with van der Waals surface area (Å²) in [7, 11) is -2.13. The van der Waals surface area contributed by atoms with Gasteiger partial charge in [-0.15, -0.1) is 0 Å². The Morgan fingerprint density at radius 2 is 1.80 bits per heavy atom. The van der Waals surface area contributed by atoms with Crippen LogP contribution in [0.3, 0.4) is 0 Å². The van der Waals surface area contributed by atoms with Gasteiger partial charge in [0.05, 0.1) is 0 Å². The zero-order valence-corrected chi connectivity index (χ0v) is 3.36. The van der Waals surface area contributed by atoms with Crippen LogP contribution in [0.4, 0.5) is 0 Å². The van der Waals surface area contributed by atoms with Gasteiger partial charge in [-0.1, -0.05) is 0 Å². The van der Waals surface area contributed by atoms with E-state index >= 15 is 0 Å². The van der Waals surface area contributed by atoms with Gasteiger partial charge >= 0.3 is 29.6 Å². The fourth-order valence-electron chi connectivity index (χ4n) is 0. The van der Waals surface area contributed by atoms with Crippen molar-refractivity contribution in [3.8, 4) is 0 Å². The summed E-state index contributed by atoms with van der Waals surface area (Å²) in [6, 6.07) is 0. The zero-order valence-electron chi connectivity index (χ0n) is 2.36. The van der Waals surface area contributed by atoms with Gasteiger partial charge < -0.3 is 4.89 Å². The molecule has 0 aliphatic rings. The van der Waals surface area contributed by atoms with Crippen LogP contribution in [0.2, 0.25) is 0 Å². The summed E-state index contributed by atoms with van der Waals surface area (Å²) in [4.78, 5) is 7.60. The van der Waals surface area contributed by atoms with Gasteiger partial charge in [-0.3, -0.25) is 4.57 Å². The molecule has 0 rings (SSSR count). The van der Waals surface area contributed by atoms with Crippen molar-refractivity contribution in [3.63, 3.8) is 0 Å². The quantitative estimate of drug-likeness (QED) is 0.330. The maximum atomic E-state index is 9.19. The van der Waals surface area contributed by atoms with E-state index in [0.717, 1.165) is 0 Å². The van der Waals surface area contributed by atoms with E-state index in [1.54, 1.807) is 0 Å². The Kier molecular flexibility index (Phi) is 9.86. The first-order valence-electron chi connectivity index (χ1n) is 0.928. The van der Waals surface area contributed by atoms with E-state index in [1.807, 2.05) is 0 Å². The molecule has 0 fully saturated rings. The molecule has 0 saturated heterocycles. The summed E-state index contributed by atoms with van der Waals surface area (Å²) in [6.45, 7) is 1.27. The second kappa shape index (κ2) is 5.19. The third kappa shape index (κ3) is 37.3. The summed E-state index contributed by atoms with van der Waals surface area (Å²) in [6.07, 6.45) is 0. The molecule has 2 nitrogen and oxygen atoms in total. The maximum absolute atomic E-state index is 9.19. The number of hydrogen-bond donors (Lipinski definition) is 1. The van der Waals surface area contributed by atoms with Crippen LogP contribution >= 0.6 is 8.03 Å². The van der Waals surface area contributed by atoms with Gasteiger partial charge in [0.2, 0.25) is 0 Å². The third-order valence-corrected chi connectivity index (χ3v) is 0. The molecule has 0 aromatic heterocycles. The van der Waals surface area contributed by atoms with Crippen LogP contribution in [0.1, 0.15) is 0 Å². The Hall–Kier alpha value is 1.19. The van der Waals surface area contributed by atoms with Crippen molar-refractivity contribution in [1.29, 1.82) is 0 Å². The molecule has 0 bridgehead atoms. The molecule has 0 spiro atoms. The van der Waals surface area contributed by atoms with Crippen molar-refractivity contribution >= 4 is 37.6 Å². The molecule has 5 heavy (non-hydrogen) atoms. The fraction of sp³-hybridized carbons (Fsp3) is 1.00. The first kappa shape index (κ1) is 9.50. The zero-order chi connectivity index (χ0) is 3.58. The van der Waals surface area contributed by atoms with Gasteiger partial charge in [0, 0.05) is 6.66 Å². The molecule has 0 aromatic rings. The summed E-state index contributed by atoms with van der Waals surface area (Å²) < 4.78 is 9.19. The van der Waals surface area contributed by atoms with Crippen LogP contribution in [0.5, 0.6) is 0 Å². The average Bonchev–Trinajstić information content (AvgIpc) is 0.811. The van der Waals surface area contributed by atoms with Gasteiger partial charge in [-0.2, -0.15) is 0 Å². The van der Waals surface area contributed by atoms with Crippen molar-refractivity contribution in [2.75, 3.05) is 6.66 Å². The average molecular weight is 104 g/mol.